The number of nitrogens with zero attached hydrogens (tertiary/aromatic N) is 1. The largest absolute Gasteiger partial charge is 0.376 e. The maximum atomic E-state index is 13.1. The number of carbonyl (C=O) groups excluding carboxylic acids is 1. The van der Waals surface area contributed by atoms with Crippen LogP contribution in [0.2, 0.25) is 0 Å². The van der Waals surface area contributed by atoms with E-state index in [0.717, 1.165) is 6.42 Å². The Morgan fingerprint density at radius 2 is 2.04 bits per heavy atom. The van der Waals surface area contributed by atoms with Crippen LogP contribution in [0.15, 0.2) is 28.8 Å². The van der Waals surface area contributed by atoms with Crippen LogP contribution in [0.5, 0.6) is 0 Å². The highest BCUT2D eigenvalue weighted by molar-refractivity contribution is 6.00. The van der Waals surface area contributed by atoms with Gasteiger partial charge in [0.2, 0.25) is 0 Å². The summed E-state index contributed by atoms with van der Waals surface area (Å²) in [5.74, 6) is 0.408. The number of amides is 1. The standard InChI is InChI=1S/C20H25FN2O3/c1-13-5-3-4-6-17(13)25-12-11-22-20(24)18-14(2)26-23-19(18)15-7-9-16(21)10-8-15/h7-10,13,17H,3-6,11-12H2,1-2H3,(H,22,24)/t13-,17+/m1/s1. The van der Waals surface area contributed by atoms with Crippen LogP contribution in [-0.4, -0.2) is 30.3 Å². The number of hydrogen-bond donors (Lipinski definition) is 1. The number of rotatable bonds is 6. The van der Waals surface area contributed by atoms with E-state index in [0.29, 0.717) is 41.7 Å². The molecule has 0 aliphatic heterocycles. The Hall–Kier alpha value is -2.21. The average molecular weight is 360 g/mol. The molecule has 0 saturated heterocycles. The average Bonchev–Trinajstić information content (AvgIpc) is 3.02. The van der Waals surface area contributed by atoms with Crippen LogP contribution < -0.4 is 5.32 Å². The second-order valence-corrected chi connectivity index (χ2v) is 6.90. The second-order valence-electron chi connectivity index (χ2n) is 6.90. The van der Waals surface area contributed by atoms with Crippen molar-refractivity contribution >= 4 is 5.91 Å². The van der Waals surface area contributed by atoms with Crippen LogP contribution in [0.3, 0.4) is 0 Å². The van der Waals surface area contributed by atoms with Crippen LogP contribution in [0.1, 0.15) is 48.7 Å². The third-order valence-electron chi connectivity index (χ3n) is 4.96. The monoisotopic (exact) mass is 360 g/mol. The van der Waals surface area contributed by atoms with Crippen LogP contribution in [0.4, 0.5) is 4.39 Å². The van der Waals surface area contributed by atoms with E-state index in [2.05, 4.69) is 17.4 Å². The first kappa shape index (κ1) is 18.6. The van der Waals surface area contributed by atoms with Gasteiger partial charge in [0.05, 0.1) is 12.7 Å². The Bertz CT molecular complexity index is 742. The minimum atomic E-state index is -0.339. The van der Waals surface area contributed by atoms with E-state index in [1.807, 2.05) is 0 Å². The Labute approximate surface area is 152 Å². The fourth-order valence-corrected chi connectivity index (χ4v) is 3.44. The van der Waals surface area contributed by atoms with Gasteiger partial charge >= 0.3 is 0 Å². The van der Waals surface area contributed by atoms with Crippen molar-refractivity contribution in [2.24, 2.45) is 5.92 Å². The lowest BCUT2D eigenvalue weighted by Gasteiger charge is -2.28. The van der Waals surface area contributed by atoms with Crippen molar-refractivity contribution in [2.45, 2.75) is 45.6 Å². The van der Waals surface area contributed by atoms with Gasteiger partial charge < -0.3 is 14.6 Å². The summed E-state index contributed by atoms with van der Waals surface area (Å²) in [6.07, 6.45) is 5.07. The van der Waals surface area contributed by atoms with Gasteiger partial charge in [0.15, 0.2) is 0 Å². The summed E-state index contributed by atoms with van der Waals surface area (Å²) in [5.41, 5.74) is 1.44. The van der Waals surface area contributed by atoms with E-state index >= 15 is 0 Å². The number of ether oxygens (including phenoxy) is 1. The molecule has 6 heteroatoms. The van der Waals surface area contributed by atoms with E-state index in [1.165, 1.54) is 31.4 Å². The van der Waals surface area contributed by atoms with Gasteiger partial charge in [-0.2, -0.15) is 0 Å². The predicted octanol–water partition coefficient (Wildman–Crippen LogP) is 4.11. The summed E-state index contributed by atoms with van der Waals surface area (Å²) in [4.78, 5) is 12.6. The summed E-state index contributed by atoms with van der Waals surface area (Å²) < 4.78 is 24.2. The van der Waals surface area contributed by atoms with E-state index in [4.69, 9.17) is 9.26 Å². The highest BCUT2D eigenvalue weighted by Gasteiger charge is 2.23. The lowest BCUT2D eigenvalue weighted by Crippen LogP contribution is -2.32. The molecule has 2 aromatic rings. The van der Waals surface area contributed by atoms with Crippen molar-refractivity contribution in [3.63, 3.8) is 0 Å². The van der Waals surface area contributed by atoms with Crippen molar-refractivity contribution in [1.29, 1.82) is 0 Å². The van der Waals surface area contributed by atoms with Gasteiger partial charge in [-0.15, -0.1) is 0 Å². The van der Waals surface area contributed by atoms with Crippen molar-refractivity contribution in [1.82, 2.24) is 10.5 Å². The van der Waals surface area contributed by atoms with Crippen molar-refractivity contribution in [2.75, 3.05) is 13.2 Å². The number of halogens is 1. The molecule has 0 radical (unpaired) electrons. The number of nitrogens with one attached hydrogen (secondary N) is 1. The van der Waals surface area contributed by atoms with E-state index in [-0.39, 0.29) is 17.8 Å². The highest BCUT2D eigenvalue weighted by atomic mass is 19.1. The van der Waals surface area contributed by atoms with Gasteiger partial charge in [-0.1, -0.05) is 24.9 Å². The molecule has 0 spiro atoms. The maximum absolute atomic E-state index is 13.1. The first-order valence-electron chi connectivity index (χ1n) is 9.18. The van der Waals surface area contributed by atoms with Gasteiger partial charge in [0.1, 0.15) is 22.8 Å². The van der Waals surface area contributed by atoms with Crippen molar-refractivity contribution < 1.29 is 18.4 Å². The maximum Gasteiger partial charge on any atom is 0.257 e. The molecule has 1 amide bonds. The van der Waals surface area contributed by atoms with Gasteiger partial charge in [0, 0.05) is 12.1 Å². The summed E-state index contributed by atoms with van der Waals surface area (Å²) >= 11 is 0. The third-order valence-corrected chi connectivity index (χ3v) is 4.96. The number of benzene rings is 1. The molecule has 0 unspecified atom stereocenters. The van der Waals surface area contributed by atoms with Gasteiger partial charge in [-0.25, -0.2) is 4.39 Å². The molecule has 5 nitrogen and oxygen atoms in total. The normalized spacial score (nSPS) is 20.1. The van der Waals surface area contributed by atoms with Crippen LogP contribution in [0.25, 0.3) is 11.3 Å². The summed E-state index contributed by atoms with van der Waals surface area (Å²) in [6, 6.07) is 5.83. The third kappa shape index (κ3) is 4.30. The van der Waals surface area contributed by atoms with Crippen LogP contribution in [-0.2, 0) is 4.74 Å². The van der Waals surface area contributed by atoms with Gasteiger partial charge in [0.25, 0.3) is 5.91 Å². The zero-order valence-corrected chi connectivity index (χ0v) is 15.3. The molecular weight excluding hydrogens is 335 g/mol. The number of aromatic nitrogens is 1. The number of aryl methyl sites for hydroxylation is 1. The molecular formula is C20H25FN2O3. The highest BCUT2D eigenvalue weighted by Crippen LogP contribution is 2.27. The van der Waals surface area contributed by atoms with E-state index in [1.54, 1.807) is 19.1 Å². The Balaban J connectivity index is 1.58. The van der Waals surface area contributed by atoms with Crippen LogP contribution >= 0.6 is 0 Å². The molecule has 1 aliphatic rings. The lowest BCUT2D eigenvalue weighted by atomic mass is 9.88. The number of carbonyl (C=O) groups is 1. The molecule has 1 aromatic carbocycles. The summed E-state index contributed by atoms with van der Waals surface area (Å²) in [6.45, 7) is 4.82. The molecule has 2 atom stereocenters. The molecule has 1 fully saturated rings. The van der Waals surface area contributed by atoms with Crippen molar-refractivity contribution in [3.05, 3.63) is 41.4 Å². The van der Waals surface area contributed by atoms with Gasteiger partial charge in [-0.05, 0) is 49.9 Å². The molecule has 1 aromatic heterocycles. The first-order chi connectivity index (χ1) is 12.6. The minimum absolute atomic E-state index is 0.261. The fraction of sp³-hybridized carbons (Fsp3) is 0.500. The molecule has 3 rings (SSSR count). The molecule has 1 aliphatic carbocycles. The quantitative estimate of drug-likeness (QED) is 0.787. The Morgan fingerprint density at radius 1 is 1.31 bits per heavy atom. The topological polar surface area (TPSA) is 64.4 Å². The second kappa shape index (κ2) is 8.45. The Kier molecular flexibility index (Phi) is 6.04. The zero-order valence-electron chi connectivity index (χ0n) is 15.3. The van der Waals surface area contributed by atoms with E-state index < -0.39 is 0 Å². The predicted molar refractivity (Wildman–Crippen MR) is 96.3 cm³/mol. The molecule has 1 N–H and O–H groups in total. The smallest absolute Gasteiger partial charge is 0.257 e. The first-order valence-corrected chi connectivity index (χ1v) is 9.18. The summed E-state index contributed by atoms with van der Waals surface area (Å²) in [5, 5.41) is 6.82. The lowest BCUT2D eigenvalue weighted by molar-refractivity contribution is -0.00294. The molecule has 140 valence electrons. The molecule has 0 bridgehead atoms. The fourth-order valence-electron chi connectivity index (χ4n) is 3.44. The molecule has 1 saturated carbocycles. The SMILES string of the molecule is Cc1onc(-c2ccc(F)cc2)c1C(=O)NCCO[C@H]1CCCC[C@H]1C. The minimum Gasteiger partial charge on any atom is -0.376 e. The summed E-state index contributed by atoms with van der Waals surface area (Å²) in [7, 11) is 0. The van der Waals surface area contributed by atoms with Gasteiger partial charge in [-0.3, -0.25) is 4.79 Å². The molecule has 26 heavy (non-hydrogen) atoms. The Morgan fingerprint density at radius 3 is 2.77 bits per heavy atom. The van der Waals surface area contributed by atoms with Crippen LogP contribution in [0, 0.1) is 18.7 Å². The molecule has 1 heterocycles. The zero-order chi connectivity index (χ0) is 18.5. The number of hydrogen-bond acceptors (Lipinski definition) is 4. The van der Waals surface area contributed by atoms with E-state index in [9.17, 15) is 9.18 Å². The van der Waals surface area contributed by atoms with Crippen molar-refractivity contribution in [3.8, 4) is 11.3 Å².